The van der Waals surface area contributed by atoms with Crippen LogP contribution in [0.5, 0.6) is 0 Å². The summed E-state index contributed by atoms with van der Waals surface area (Å²) in [4.78, 5) is 7.03. The predicted molar refractivity (Wildman–Crippen MR) is 67.4 cm³/mol. The van der Waals surface area contributed by atoms with Crippen molar-refractivity contribution < 1.29 is 0 Å². The van der Waals surface area contributed by atoms with E-state index in [2.05, 4.69) is 37.9 Å². The van der Waals surface area contributed by atoms with Crippen LogP contribution in [0.3, 0.4) is 0 Å². The van der Waals surface area contributed by atoms with Crippen LogP contribution in [0.4, 0.5) is 5.82 Å². The summed E-state index contributed by atoms with van der Waals surface area (Å²) in [6.07, 6.45) is 5.34. The van der Waals surface area contributed by atoms with Crippen LogP contribution in [-0.2, 0) is 0 Å². The minimum absolute atomic E-state index is 1.08. The largest absolute Gasteiger partial charge is 0.357 e. The van der Waals surface area contributed by atoms with Gasteiger partial charge in [0, 0.05) is 17.6 Å². The smallest absolute Gasteiger partial charge is 0.128 e. The van der Waals surface area contributed by atoms with Crippen molar-refractivity contribution >= 4 is 21.7 Å². The summed E-state index contributed by atoms with van der Waals surface area (Å²) in [7, 11) is 0. The average molecular weight is 269 g/mol. The summed E-state index contributed by atoms with van der Waals surface area (Å²) in [5, 5.41) is 0. The van der Waals surface area contributed by atoms with Gasteiger partial charge in [0.05, 0.1) is 5.69 Å². The summed E-state index contributed by atoms with van der Waals surface area (Å²) in [5.41, 5.74) is 1.08. The first-order valence-corrected chi connectivity index (χ1v) is 6.45. The van der Waals surface area contributed by atoms with E-state index in [1.54, 1.807) is 0 Å². The predicted octanol–water partition coefficient (Wildman–Crippen LogP) is 3.53. The number of hydrogen-bond donors (Lipinski definition) is 0. The van der Waals surface area contributed by atoms with Crippen LogP contribution < -0.4 is 4.90 Å². The monoisotopic (exact) mass is 268 g/mol. The third-order valence-corrected chi connectivity index (χ3v) is 3.77. The third-order valence-electron chi connectivity index (χ3n) is 2.94. The fourth-order valence-corrected chi connectivity index (χ4v) is 2.23. The van der Waals surface area contributed by atoms with Gasteiger partial charge in [-0.2, -0.15) is 0 Å². The molecule has 0 spiro atoms. The Bertz CT molecular complexity index is 330. The van der Waals surface area contributed by atoms with Gasteiger partial charge in [-0.25, -0.2) is 4.98 Å². The van der Waals surface area contributed by atoms with Crippen molar-refractivity contribution in [3.05, 3.63) is 22.3 Å². The topological polar surface area (TPSA) is 16.1 Å². The van der Waals surface area contributed by atoms with Crippen LogP contribution in [0.2, 0.25) is 0 Å². The minimum atomic E-state index is 1.08. The van der Waals surface area contributed by atoms with Gasteiger partial charge < -0.3 is 4.90 Å². The zero-order valence-electron chi connectivity index (χ0n) is 9.17. The maximum Gasteiger partial charge on any atom is 0.128 e. The quantitative estimate of drug-likeness (QED) is 0.775. The third kappa shape index (κ3) is 2.71. The maximum absolute atomic E-state index is 4.62. The van der Waals surface area contributed by atoms with E-state index in [9.17, 15) is 0 Å². The first-order chi connectivity index (χ1) is 7.27. The number of nitrogens with zero attached hydrogens (tertiary/aromatic N) is 2. The van der Waals surface area contributed by atoms with Crippen LogP contribution in [0.25, 0.3) is 0 Å². The Balaban J connectivity index is 2.16. The van der Waals surface area contributed by atoms with Crippen molar-refractivity contribution in [1.29, 1.82) is 0 Å². The molecule has 1 aliphatic heterocycles. The zero-order valence-corrected chi connectivity index (χ0v) is 10.8. The molecule has 0 unspecified atom stereocenters. The molecule has 0 aliphatic carbocycles. The number of aromatic nitrogens is 1. The lowest BCUT2D eigenvalue weighted by Gasteiger charge is -2.21. The second-order valence-corrected chi connectivity index (χ2v) is 4.99. The van der Waals surface area contributed by atoms with E-state index in [0.29, 0.717) is 0 Å². The lowest BCUT2D eigenvalue weighted by molar-refractivity contribution is 0.726. The molecule has 3 heteroatoms. The van der Waals surface area contributed by atoms with Gasteiger partial charge in [-0.15, -0.1) is 0 Å². The highest BCUT2D eigenvalue weighted by Gasteiger charge is 2.11. The number of hydrogen-bond acceptors (Lipinski definition) is 2. The second-order valence-electron chi connectivity index (χ2n) is 4.14. The van der Waals surface area contributed by atoms with Gasteiger partial charge in [0.2, 0.25) is 0 Å². The molecule has 2 heterocycles. The summed E-state index contributed by atoms with van der Waals surface area (Å²) in [6.45, 7) is 4.37. The van der Waals surface area contributed by atoms with E-state index in [-0.39, 0.29) is 0 Å². The first kappa shape index (κ1) is 10.9. The van der Waals surface area contributed by atoms with E-state index >= 15 is 0 Å². The number of rotatable bonds is 1. The van der Waals surface area contributed by atoms with Crippen molar-refractivity contribution in [2.45, 2.75) is 32.6 Å². The van der Waals surface area contributed by atoms with Gasteiger partial charge in [0.1, 0.15) is 5.82 Å². The zero-order chi connectivity index (χ0) is 10.7. The van der Waals surface area contributed by atoms with Gasteiger partial charge in [0.15, 0.2) is 0 Å². The molecule has 15 heavy (non-hydrogen) atoms. The second kappa shape index (κ2) is 4.97. The van der Waals surface area contributed by atoms with Gasteiger partial charge in [-0.05, 0) is 47.8 Å². The fraction of sp³-hybridized carbons (Fsp3) is 0.583. The van der Waals surface area contributed by atoms with Crippen molar-refractivity contribution in [1.82, 2.24) is 4.98 Å². The SMILES string of the molecule is Cc1nc(N2CCCCCC2)ccc1Br. The van der Waals surface area contributed by atoms with Gasteiger partial charge in [-0.1, -0.05) is 12.8 Å². The molecule has 0 bridgehead atoms. The normalized spacial score (nSPS) is 17.6. The Morgan fingerprint density at radius 3 is 2.40 bits per heavy atom. The molecule has 2 rings (SSSR count). The molecule has 0 aromatic carbocycles. The van der Waals surface area contributed by atoms with E-state index in [0.717, 1.165) is 29.1 Å². The van der Waals surface area contributed by atoms with Crippen LogP contribution >= 0.6 is 15.9 Å². The van der Waals surface area contributed by atoms with E-state index in [4.69, 9.17) is 0 Å². The number of aryl methyl sites for hydroxylation is 1. The first-order valence-electron chi connectivity index (χ1n) is 5.65. The van der Waals surface area contributed by atoms with E-state index in [1.807, 2.05) is 6.92 Å². The van der Waals surface area contributed by atoms with Crippen molar-refractivity contribution in [2.75, 3.05) is 18.0 Å². The van der Waals surface area contributed by atoms with Crippen molar-refractivity contribution in [3.63, 3.8) is 0 Å². The minimum Gasteiger partial charge on any atom is -0.357 e. The number of pyridine rings is 1. The number of halogens is 1. The summed E-state index contributed by atoms with van der Waals surface area (Å²) in [6, 6.07) is 4.21. The molecule has 1 aliphatic rings. The maximum atomic E-state index is 4.62. The average Bonchev–Trinajstić information content (AvgIpc) is 2.50. The van der Waals surface area contributed by atoms with Crippen molar-refractivity contribution in [2.24, 2.45) is 0 Å². The van der Waals surface area contributed by atoms with Crippen LogP contribution in [0.1, 0.15) is 31.4 Å². The van der Waals surface area contributed by atoms with Gasteiger partial charge in [0.25, 0.3) is 0 Å². The number of anilines is 1. The molecule has 1 saturated heterocycles. The molecule has 0 atom stereocenters. The molecule has 0 radical (unpaired) electrons. The Hall–Kier alpha value is -0.570. The summed E-state index contributed by atoms with van der Waals surface area (Å²) < 4.78 is 1.10. The van der Waals surface area contributed by atoms with Crippen LogP contribution in [0.15, 0.2) is 16.6 Å². The fourth-order valence-electron chi connectivity index (χ4n) is 2.01. The standard InChI is InChI=1S/C12H17BrN2/c1-10-11(13)6-7-12(14-10)15-8-4-2-3-5-9-15/h6-7H,2-5,8-9H2,1H3. The molecule has 0 amide bonds. The van der Waals surface area contributed by atoms with Crippen molar-refractivity contribution in [3.8, 4) is 0 Å². The lowest BCUT2D eigenvalue weighted by Crippen LogP contribution is -2.24. The lowest BCUT2D eigenvalue weighted by atomic mass is 10.2. The molecule has 1 fully saturated rings. The molecule has 1 aromatic rings. The molecule has 0 saturated carbocycles. The molecule has 0 N–H and O–H groups in total. The molecule has 2 nitrogen and oxygen atoms in total. The molecular weight excluding hydrogens is 252 g/mol. The Kier molecular flexibility index (Phi) is 3.62. The van der Waals surface area contributed by atoms with Gasteiger partial charge in [-0.3, -0.25) is 0 Å². The Labute approximate surface area is 99.8 Å². The van der Waals surface area contributed by atoms with Gasteiger partial charge >= 0.3 is 0 Å². The van der Waals surface area contributed by atoms with E-state index in [1.165, 1.54) is 25.7 Å². The van der Waals surface area contributed by atoms with Crippen LogP contribution in [-0.4, -0.2) is 18.1 Å². The molecule has 1 aromatic heterocycles. The highest BCUT2D eigenvalue weighted by molar-refractivity contribution is 9.10. The highest BCUT2D eigenvalue weighted by Crippen LogP contribution is 2.21. The van der Waals surface area contributed by atoms with Crippen LogP contribution in [0, 0.1) is 6.92 Å². The summed E-state index contributed by atoms with van der Waals surface area (Å²) >= 11 is 3.49. The Morgan fingerprint density at radius 2 is 1.80 bits per heavy atom. The Morgan fingerprint density at radius 1 is 1.13 bits per heavy atom. The molecular formula is C12H17BrN2. The molecule has 82 valence electrons. The highest BCUT2D eigenvalue weighted by atomic mass is 79.9. The van der Waals surface area contributed by atoms with E-state index < -0.39 is 0 Å². The summed E-state index contributed by atoms with van der Waals surface area (Å²) in [5.74, 6) is 1.14.